The topological polar surface area (TPSA) is 35.6 Å². The van der Waals surface area contributed by atoms with Crippen LogP contribution in [0.5, 0.6) is 0 Å². The molecular weight excluding hydrogens is 860 g/mol. The van der Waals surface area contributed by atoms with Gasteiger partial charge in [-0.15, -0.1) is 0 Å². The van der Waals surface area contributed by atoms with Gasteiger partial charge in [0.1, 0.15) is 17.2 Å². The molecule has 68 heavy (non-hydrogen) atoms. The molecule has 12 rings (SSSR count). The first-order chi connectivity index (χ1) is 33.2. The van der Waals surface area contributed by atoms with Crippen LogP contribution in [0.3, 0.4) is 0 Å². The number of alkyl halides is 3. The van der Waals surface area contributed by atoms with Crippen LogP contribution < -0.4 is 0 Å². The van der Waals surface area contributed by atoms with E-state index in [9.17, 15) is 0 Å². The molecule has 326 valence electrons. The number of benzene rings is 8. The first-order valence-electron chi connectivity index (χ1n) is 22.0. The summed E-state index contributed by atoms with van der Waals surface area (Å²) in [5, 5.41) is 2.79. The molecule has 0 N–H and O–H groups in total. The Morgan fingerprint density at radius 3 is 1.18 bits per heavy atom. The minimum absolute atomic E-state index is 0.0575. The predicted octanol–water partition coefficient (Wildman–Crippen LogP) is 16.3. The maximum atomic E-state index is 16.5. The van der Waals surface area contributed by atoms with Crippen LogP contribution in [0.25, 0.3) is 111 Å². The highest BCUT2D eigenvalue weighted by atomic mass is 19.4. The summed E-state index contributed by atoms with van der Waals surface area (Å²) in [6.07, 6.45) is -1.39. The number of aromatic nitrogens is 4. The molecule has 0 radical (unpaired) electrons. The number of rotatable bonds is 7. The van der Waals surface area contributed by atoms with Gasteiger partial charge in [-0.05, 0) is 89.5 Å². The lowest BCUT2D eigenvalue weighted by molar-refractivity contribution is -0.137. The second-order valence-corrected chi connectivity index (χ2v) is 16.7. The Kier molecular flexibility index (Phi) is 9.62. The molecule has 0 unspecified atom stereocenters. The Morgan fingerprint density at radius 1 is 0.338 bits per heavy atom. The zero-order valence-electron chi connectivity index (χ0n) is 35.9. The van der Waals surface area contributed by atoms with E-state index in [-0.39, 0.29) is 16.9 Å². The van der Waals surface area contributed by atoms with Gasteiger partial charge < -0.3 is 9.13 Å². The molecule has 0 aliphatic heterocycles. The highest BCUT2D eigenvalue weighted by Gasteiger charge is 2.40. The largest absolute Gasteiger partial charge is 0.420 e. The molecule has 4 heterocycles. The van der Waals surface area contributed by atoms with Crippen LogP contribution in [-0.2, 0) is 6.18 Å². The predicted molar refractivity (Wildman–Crippen MR) is 263 cm³/mol. The van der Waals surface area contributed by atoms with Crippen molar-refractivity contribution in [3.63, 3.8) is 0 Å². The van der Waals surface area contributed by atoms with Gasteiger partial charge in [-0.1, -0.05) is 127 Å². The van der Waals surface area contributed by atoms with E-state index >= 15 is 22.0 Å². The molecule has 0 bridgehead atoms. The van der Waals surface area contributed by atoms with Crippen molar-refractivity contribution in [2.24, 2.45) is 0 Å². The summed E-state index contributed by atoms with van der Waals surface area (Å²) in [6, 6.07) is 59.2. The fourth-order valence-electron chi connectivity index (χ4n) is 9.69. The third kappa shape index (κ3) is 6.81. The molecule has 9 heteroatoms. The molecule has 0 fully saturated rings. The summed E-state index contributed by atoms with van der Waals surface area (Å²) in [6.45, 7) is 0. The zero-order valence-corrected chi connectivity index (χ0v) is 35.9. The maximum absolute atomic E-state index is 16.5. The van der Waals surface area contributed by atoms with Crippen LogP contribution in [0.4, 0.5) is 22.0 Å². The van der Waals surface area contributed by atoms with Gasteiger partial charge in [0.2, 0.25) is 0 Å². The average molecular weight is 895 g/mol. The monoisotopic (exact) mass is 894 g/mol. The zero-order chi connectivity index (χ0) is 46.1. The molecule has 0 spiro atoms. The number of hydrogen-bond donors (Lipinski definition) is 0. The average Bonchev–Trinajstić information content (AvgIpc) is 3.88. The Bertz CT molecular complexity index is 3650. The van der Waals surface area contributed by atoms with Crippen LogP contribution in [0.1, 0.15) is 5.56 Å². The Balaban J connectivity index is 1.10. The molecular formula is C59H35F5N4. The minimum Gasteiger partial charge on any atom is -0.309 e. The van der Waals surface area contributed by atoms with E-state index in [0.717, 1.165) is 56.9 Å². The fourth-order valence-corrected chi connectivity index (χ4v) is 9.69. The van der Waals surface area contributed by atoms with Gasteiger partial charge in [-0.2, -0.15) is 13.2 Å². The van der Waals surface area contributed by atoms with Crippen LogP contribution >= 0.6 is 0 Å². The number of fused-ring (bicyclic) bond motifs is 6. The van der Waals surface area contributed by atoms with Crippen molar-refractivity contribution in [2.75, 3.05) is 0 Å². The number of pyridine rings is 2. The minimum atomic E-state index is -4.97. The summed E-state index contributed by atoms with van der Waals surface area (Å²) in [4.78, 5) is 9.45. The first kappa shape index (κ1) is 40.8. The van der Waals surface area contributed by atoms with E-state index in [0.29, 0.717) is 43.6 Å². The van der Waals surface area contributed by atoms with Crippen molar-refractivity contribution in [1.82, 2.24) is 19.1 Å². The molecule has 8 aromatic carbocycles. The molecule has 0 aliphatic rings. The summed E-state index contributed by atoms with van der Waals surface area (Å²) in [7, 11) is 0. The molecule has 0 saturated heterocycles. The normalized spacial score (nSPS) is 11.9. The molecule has 12 aromatic rings. The van der Waals surface area contributed by atoms with Crippen LogP contribution in [0.2, 0.25) is 0 Å². The smallest absolute Gasteiger partial charge is 0.309 e. The summed E-state index contributed by atoms with van der Waals surface area (Å²) >= 11 is 0. The summed E-state index contributed by atoms with van der Waals surface area (Å²) < 4.78 is 84.6. The van der Waals surface area contributed by atoms with E-state index < -0.39 is 28.9 Å². The SMILES string of the molecule is Fc1cccc(F)c1-c1cc(-n2c3ccccc3c3cc(-c4ccc(-c5ccccc5)nc4)ccc32)c(C(F)(F)F)c(-n2c3ccccc3c3cc(-c4ccc(-c5ccccc5)nc4)ccc32)c1. The van der Waals surface area contributed by atoms with E-state index in [1.807, 2.05) is 133 Å². The molecule has 0 atom stereocenters. The Morgan fingerprint density at radius 2 is 0.750 bits per heavy atom. The number of nitrogens with zero attached hydrogens (tertiary/aromatic N) is 4. The number of para-hydroxylation sites is 2. The fraction of sp³-hybridized carbons (Fsp3) is 0.0169. The maximum Gasteiger partial charge on any atom is 0.420 e. The molecule has 4 nitrogen and oxygen atoms in total. The molecule has 0 saturated carbocycles. The van der Waals surface area contributed by atoms with Crippen LogP contribution in [-0.4, -0.2) is 19.1 Å². The number of hydrogen-bond acceptors (Lipinski definition) is 2. The van der Waals surface area contributed by atoms with Gasteiger partial charge in [0.15, 0.2) is 0 Å². The van der Waals surface area contributed by atoms with Gasteiger partial charge in [0, 0.05) is 56.2 Å². The van der Waals surface area contributed by atoms with E-state index in [1.165, 1.54) is 18.2 Å². The molecule has 0 amide bonds. The Labute approximate surface area is 386 Å². The summed E-state index contributed by atoms with van der Waals surface area (Å²) in [5.41, 5.74) is 6.75. The van der Waals surface area contributed by atoms with Crippen molar-refractivity contribution >= 4 is 43.6 Å². The third-order valence-electron chi connectivity index (χ3n) is 12.8. The standard InChI is InChI=1S/C59H35F5N4/c60-47-18-11-19-48(61)57(47)42-32-55(67-51-20-9-7-16-43(51)45-30-38(24-28-53(45)67)40-22-26-49(65-34-40)36-12-3-1-4-13-36)58(59(62,63)64)56(33-42)68-52-21-10-8-17-44(52)46-31-39(25-29-54(46)68)41-23-27-50(66-35-41)37-14-5-2-6-15-37/h1-35H. The third-order valence-corrected chi connectivity index (χ3v) is 12.8. The quantitative estimate of drug-likeness (QED) is 0.149. The number of halogens is 5. The van der Waals surface area contributed by atoms with Gasteiger partial charge >= 0.3 is 6.18 Å². The second kappa shape index (κ2) is 16.0. The van der Waals surface area contributed by atoms with E-state index in [4.69, 9.17) is 9.97 Å². The highest BCUT2D eigenvalue weighted by molar-refractivity contribution is 6.12. The van der Waals surface area contributed by atoms with Crippen molar-refractivity contribution < 1.29 is 22.0 Å². The van der Waals surface area contributed by atoms with Crippen molar-refractivity contribution in [2.45, 2.75) is 6.18 Å². The lowest BCUT2D eigenvalue weighted by Crippen LogP contribution is -2.16. The molecule has 4 aromatic heterocycles. The van der Waals surface area contributed by atoms with Crippen LogP contribution in [0, 0.1) is 11.6 Å². The second-order valence-electron chi connectivity index (χ2n) is 16.7. The lowest BCUT2D eigenvalue weighted by Gasteiger charge is -2.23. The van der Waals surface area contributed by atoms with E-state index in [2.05, 4.69) is 0 Å². The molecule has 0 aliphatic carbocycles. The lowest BCUT2D eigenvalue weighted by atomic mass is 9.98. The van der Waals surface area contributed by atoms with Gasteiger partial charge in [-0.25, -0.2) is 8.78 Å². The van der Waals surface area contributed by atoms with Gasteiger partial charge in [0.25, 0.3) is 0 Å². The Hall–Kier alpha value is -8.69. The van der Waals surface area contributed by atoms with Crippen LogP contribution in [0.15, 0.2) is 213 Å². The van der Waals surface area contributed by atoms with Crippen molar-refractivity contribution in [1.29, 1.82) is 0 Å². The van der Waals surface area contributed by atoms with E-state index in [1.54, 1.807) is 57.9 Å². The van der Waals surface area contributed by atoms with Gasteiger partial charge in [-0.3, -0.25) is 9.97 Å². The highest BCUT2D eigenvalue weighted by Crippen LogP contribution is 2.47. The summed E-state index contributed by atoms with van der Waals surface area (Å²) in [5.74, 6) is -1.81. The first-order valence-corrected chi connectivity index (χ1v) is 22.0. The van der Waals surface area contributed by atoms with Gasteiger partial charge in [0.05, 0.1) is 50.4 Å². The van der Waals surface area contributed by atoms with Crippen molar-refractivity contribution in [3.05, 3.63) is 230 Å². The van der Waals surface area contributed by atoms with Crippen molar-refractivity contribution in [3.8, 4) is 67.3 Å².